The maximum absolute atomic E-state index is 12.4. The van der Waals surface area contributed by atoms with Crippen LogP contribution in [-0.4, -0.2) is 20.4 Å². The molecule has 0 spiro atoms. The van der Waals surface area contributed by atoms with E-state index in [1.807, 2.05) is 74.1 Å². The largest absolute Gasteiger partial charge is 0.383 e. The van der Waals surface area contributed by atoms with Crippen LogP contribution >= 0.6 is 0 Å². The number of aromatic nitrogens is 3. The molecule has 0 radical (unpaired) electrons. The van der Waals surface area contributed by atoms with Gasteiger partial charge >= 0.3 is 0 Å². The van der Waals surface area contributed by atoms with E-state index < -0.39 is 0 Å². The van der Waals surface area contributed by atoms with Crippen molar-refractivity contribution < 1.29 is 4.79 Å². The summed E-state index contributed by atoms with van der Waals surface area (Å²) in [6, 6.07) is 13.9. The molecular formula is C23H23N5O. The Kier molecular flexibility index (Phi) is 4.76. The van der Waals surface area contributed by atoms with E-state index in [0.29, 0.717) is 12.2 Å². The first-order valence-corrected chi connectivity index (χ1v) is 9.44. The van der Waals surface area contributed by atoms with Crippen molar-refractivity contribution in [3.8, 4) is 11.1 Å². The van der Waals surface area contributed by atoms with Crippen LogP contribution in [0.1, 0.15) is 16.7 Å². The summed E-state index contributed by atoms with van der Waals surface area (Å²) in [5.74, 6) is 0.422. The number of rotatable bonds is 4. The van der Waals surface area contributed by atoms with Gasteiger partial charge in [-0.3, -0.25) is 4.79 Å². The quantitative estimate of drug-likeness (QED) is 0.556. The summed E-state index contributed by atoms with van der Waals surface area (Å²) in [7, 11) is 1.94. The number of fused-ring (bicyclic) bond motifs is 1. The van der Waals surface area contributed by atoms with Crippen LogP contribution < -0.4 is 11.1 Å². The zero-order chi connectivity index (χ0) is 20.5. The van der Waals surface area contributed by atoms with Gasteiger partial charge in [0.1, 0.15) is 17.8 Å². The van der Waals surface area contributed by atoms with E-state index >= 15 is 0 Å². The minimum Gasteiger partial charge on any atom is -0.383 e. The van der Waals surface area contributed by atoms with Crippen LogP contribution in [0, 0.1) is 13.8 Å². The normalized spacial score (nSPS) is 11.0. The highest BCUT2D eigenvalue weighted by Crippen LogP contribution is 2.34. The second-order valence-electron chi connectivity index (χ2n) is 7.35. The molecule has 146 valence electrons. The molecule has 6 heteroatoms. The van der Waals surface area contributed by atoms with Crippen molar-refractivity contribution >= 4 is 28.4 Å². The summed E-state index contributed by atoms with van der Waals surface area (Å²) >= 11 is 0. The topological polar surface area (TPSA) is 85.8 Å². The van der Waals surface area contributed by atoms with Gasteiger partial charge in [0.15, 0.2) is 0 Å². The summed E-state index contributed by atoms with van der Waals surface area (Å²) < 4.78 is 1.94. The molecule has 0 saturated heterocycles. The molecule has 0 aliphatic carbocycles. The Morgan fingerprint density at radius 1 is 1.10 bits per heavy atom. The van der Waals surface area contributed by atoms with E-state index in [2.05, 4.69) is 15.3 Å². The average molecular weight is 385 g/mol. The highest BCUT2D eigenvalue weighted by Gasteiger charge is 2.15. The van der Waals surface area contributed by atoms with Crippen molar-refractivity contribution in [1.29, 1.82) is 0 Å². The number of carbonyl (C=O) groups excluding carboxylic acids is 1. The van der Waals surface area contributed by atoms with Crippen LogP contribution in [0.25, 0.3) is 22.2 Å². The molecule has 0 aliphatic rings. The van der Waals surface area contributed by atoms with Crippen molar-refractivity contribution in [2.45, 2.75) is 20.3 Å². The molecule has 0 fully saturated rings. The Hall–Kier alpha value is -3.67. The second kappa shape index (κ2) is 7.39. The lowest BCUT2D eigenvalue weighted by Gasteiger charge is -2.10. The van der Waals surface area contributed by atoms with Crippen LogP contribution in [0.15, 0.2) is 55.0 Å². The Bertz CT molecular complexity index is 1230. The maximum Gasteiger partial charge on any atom is 0.228 e. The average Bonchev–Trinajstić information content (AvgIpc) is 3.00. The Morgan fingerprint density at radius 2 is 1.93 bits per heavy atom. The van der Waals surface area contributed by atoms with Gasteiger partial charge in [0.05, 0.1) is 11.8 Å². The van der Waals surface area contributed by atoms with Crippen LogP contribution in [0.2, 0.25) is 0 Å². The monoisotopic (exact) mass is 385 g/mol. The van der Waals surface area contributed by atoms with Crippen molar-refractivity contribution in [2.24, 2.45) is 7.05 Å². The van der Waals surface area contributed by atoms with Gasteiger partial charge in [-0.25, -0.2) is 9.97 Å². The Labute approximate surface area is 169 Å². The standard InChI is InChI=1S/C23H23N5O/c1-14-5-4-6-16(9-14)11-20(29)27-17-7-8-18(15(2)10-17)19-12-28(3)23-21(19)22(24)25-13-26-23/h4-10,12-13H,11H2,1-3H3,(H,27,29)(H2,24,25,26). The number of nitrogens with zero attached hydrogens (tertiary/aromatic N) is 3. The number of nitrogens with one attached hydrogen (secondary N) is 1. The predicted octanol–water partition coefficient (Wildman–Crippen LogP) is 4.02. The fourth-order valence-electron chi connectivity index (χ4n) is 3.70. The fourth-order valence-corrected chi connectivity index (χ4v) is 3.70. The fraction of sp³-hybridized carbons (Fsp3) is 0.174. The SMILES string of the molecule is Cc1cccc(CC(=O)Nc2ccc(-c3cn(C)c4ncnc(N)c34)c(C)c2)c1. The summed E-state index contributed by atoms with van der Waals surface area (Å²) in [5, 5.41) is 3.83. The molecule has 3 N–H and O–H groups in total. The summed E-state index contributed by atoms with van der Waals surface area (Å²) in [4.78, 5) is 20.9. The van der Waals surface area contributed by atoms with Crippen molar-refractivity contribution in [2.75, 3.05) is 11.1 Å². The van der Waals surface area contributed by atoms with Gasteiger partial charge in [-0.05, 0) is 42.7 Å². The molecule has 4 aromatic rings. The third-order valence-corrected chi connectivity index (χ3v) is 5.03. The molecule has 2 aromatic heterocycles. The van der Waals surface area contributed by atoms with Crippen molar-refractivity contribution in [1.82, 2.24) is 14.5 Å². The van der Waals surface area contributed by atoms with Gasteiger partial charge in [-0.1, -0.05) is 35.9 Å². The van der Waals surface area contributed by atoms with Crippen LogP contribution in [-0.2, 0) is 18.3 Å². The molecule has 1 amide bonds. The number of aryl methyl sites for hydroxylation is 3. The number of benzene rings is 2. The smallest absolute Gasteiger partial charge is 0.228 e. The lowest BCUT2D eigenvalue weighted by molar-refractivity contribution is -0.115. The van der Waals surface area contributed by atoms with Crippen molar-refractivity contribution in [3.63, 3.8) is 0 Å². The zero-order valence-corrected chi connectivity index (χ0v) is 16.7. The van der Waals surface area contributed by atoms with Crippen LogP contribution in [0.3, 0.4) is 0 Å². The minimum atomic E-state index is -0.0365. The zero-order valence-electron chi connectivity index (χ0n) is 16.7. The number of hydrogen-bond donors (Lipinski definition) is 2. The molecule has 2 heterocycles. The minimum absolute atomic E-state index is 0.0365. The van der Waals surface area contributed by atoms with Crippen molar-refractivity contribution in [3.05, 3.63) is 71.7 Å². The number of nitrogens with two attached hydrogens (primary N) is 1. The van der Waals surface area contributed by atoms with E-state index in [1.165, 1.54) is 6.33 Å². The van der Waals surface area contributed by atoms with Crippen LogP contribution in [0.5, 0.6) is 0 Å². The lowest BCUT2D eigenvalue weighted by Crippen LogP contribution is -2.14. The predicted molar refractivity (Wildman–Crippen MR) is 117 cm³/mol. The van der Waals surface area contributed by atoms with Gasteiger partial charge in [-0.15, -0.1) is 0 Å². The Balaban J connectivity index is 1.60. The molecule has 29 heavy (non-hydrogen) atoms. The second-order valence-corrected chi connectivity index (χ2v) is 7.35. The van der Waals surface area contributed by atoms with E-state index in [1.54, 1.807) is 0 Å². The molecule has 4 rings (SSSR count). The number of anilines is 2. The molecular weight excluding hydrogens is 362 g/mol. The first-order valence-electron chi connectivity index (χ1n) is 9.44. The van der Waals surface area contributed by atoms with Gasteiger partial charge in [0.2, 0.25) is 5.91 Å². The van der Waals surface area contributed by atoms with Gasteiger partial charge in [-0.2, -0.15) is 0 Å². The number of amides is 1. The van der Waals surface area contributed by atoms with E-state index in [9.17, 15) is 4.79 Å². The highest BCUT2D eigenvalue weighted by atomic mass is 16.1. The molecule has 2 aromatic carbocycles. The van der Waals surface area contributed by atoms with Gasteiger partial charge in [0.25, 0.3) is 0 Å². The number of carbonyl (C=O) groups is 1. The van der Waals surface area contributed by atoms with E-state index in [4.69, 9.17) is 5.73 Å². The molecule has 0 unspecified atom stereocenters. The molecule has 0 bridgehead atoms. The van der Waals surface area contributed by atoms with E-state index in [-0.39, 0.29) is 5.91 Å². The molecule has 0 saturated carbocycles. The molecule has 6 nitrogen and oxygen atoms in total. The van der Waals surface area contributed by atoms with Crippen LogP contribution in [0.4, 0.5) is 11.5 Å². The van der Waals surface area contributed by atoms with E-state index in [0.717, 1.165) is 44.5 Å². The third kappa shape index (κ3) is 3.69. The highest BCUT2D eigenvalue weighted by molar-refractivity contribution is 6.01. The first kappa shape index (κ1) is 18.7. The number of hydrogen-bond acceptors (Lipinski definition) is 4. The molecule has 0 aliphatic heterocycles. The summed E-state index contributed by atoms with van der Waals surface area (Å²) in [5.41, 5.74) is 12.9. The molecule has 0 atom stereocenters. The van der Waals surface area contributed by atoms with Gasteiger partial charge < -0.3 is 15.6 Å². The summed E-state index contributed by atoms with van der Waals surface area (Å²) in [6.07, 6.45) is 3.83. The first-order chi connectivity index (χ1) is 13.9. The lowest BCUT2D eigenvalue weighted by atomic mass is 10.00. The maximum atomic E-state index is 12.4. The third-order valence-electron chi connectivity index (χ3n) is 5.03. The number of nitrogen functional groups attached to an aromatic ring is 1. The Morgan fingerprint density at radius 3 is 2.69 bits per heavy atom. The van der Waals surface area contributed by atoms with Gasteiger partial charge in [0, 0.05) is 24.5 Å². The summed E-state index contributed by atoms with van der Waals surface area (Å²) in [6.45, 7) is 4.04.